The lowest BCUT2D eigenvalue weighted by Gasteiger charge is -2.34. The van der Waals surface area contributed by atoms with Crippen LogP contribution in [-0.2, 0) is 6.54 Å². The summed E-state index contributed by atoms with van der Waals surface area (Å²) in [7, 11) is 1.43. The van der Waals surface area contributed by atoms with Gasteiger partial charge in [-0.15, -0.1) is 5.10 Å². The normalized spacial score (nSPS) is 15.8. The van der Waals surface area contributed by atoms with E-state index in [1.165, 1.54) is 13.2 Å². The van der Waals surface area contributed by atoms with Crippen molar-refractivity contribution in [3.8, 4) is 22.9 Å². The number of methoxy groups -OCH3 is 1. The lowest BCUT2D eigenvalue weighted by atomic mass is 10.1. The Morgan fingerprint density at radius 3 is 2.69 bits per heavy atom. The molecule has 9 nitrogen and oxygen atoms in total. The fourth-order valence-electron chi connectivity index (χ4n) is 3.92. The minimum atomic E-state index is -0.456. The Bertz CT molecular complexity index is 1140. The molecule has 0 unspecified atom stereocenters. The summed E-state index contributed by atoms with van der Waals surface area (Å²) >= 11 is 0. The quantitative estimate of drug-likeness (QED) is 0.602. The highest BCUT2D eigenvalue weighted by Crippen LogP contribution is 2.33. The standard InChI is InChI=1S/C22H22FN5O4/c1-30-19-5-3-16(11-18(19)23)28-17(12-24-25-28)13-26-6-8-27(9-7-26)22(29)15-2-4-20-21(10-15)32-14-31-20/h2-5,10-12H,6-9,13-14H2,1H3. The first-order valence-electron chi connectivity index (χ1n) is 10.3. The fourth-order valence-corrected chi connectivity index (χ4v) is 3.92. The highest BCUT2D eigenvalue weighted by Gasteiger charge is 2.25. The molecule has 1 aromatic heterocycles. The molecule has 0 aliphatic carbocycles. The summed E-state index contributed by atoms with van der Waals surface area (Å²) in [5.41, 5.74) is 2.00. The van der Waals surface area contributed by atoms with Gasteiger partial charge in [-0.2, -0.15) is 0 Å². The van der Waals surface area contributed by atoms with Crippen LogP contribution in [0.15, 0.2) is 42.6 Å². The summed E-state index contributed by atoms with van der Waals surface area (Å²) in [6.07, 6.45) is 1.67. The molecule has 32 heavy (non-hydrogen) atoms. The van der Waals surface area contributed by atoms with Gasteiger partial charge in [0, 0.05) is 44.4 Å². The lowest BCUT2D eigenvalue weighted by molar-refractivity contribution is 0.0625. The molecule has 3 heterocycles. The Morgan fingerprint density at radius 1 is 1.09 bits per heavy atom. The number of piperazine rings is 1. The maximum absolute atomic E-state index is 14.1. The molecular weight excluding hydrogens is 417 g/mol. The van der Waals surface area contributed by atoms with Gasteiger partial charge >= 0.3 is 0 Å². The van der Waals surface area contributed by atoms with E-state index >= 15 is 0 Å². The number of hydrogen-bond donors (Lipinski definition) is 0. The summed E-state index contributed by atoms with van der Waals surface area (Å²) in [4.78, 5) is 16.9. The molecule has 166 valence electrons. The fraction of sp³-hybridized carbons (Fsp3) is 0.318. The number of halogens is 1. The Morgan fingerprint density at radius 2 is 1.91 bits per heavy atom. The number of aromatic nitrogens is 3. The zero-order valence-corrected chi connectivity index (χ0v) is 17.5. The van der Waals surface area contributed by atoms with Gasteiger partial charge in [0.1, 0.15) is 0 Å². The van der Waals surface area contributed by atoms with Crippen LogP contribution in [0.5, 0.6) is 17.2 Å². The Balaban J connectivity index is 1.22. The average molecular weight is 439 g/mol. The maximum Gasteiger partial charge on any atom is 0.254 e. The molecule has 5 rings (SSSR count). The maximum atomic E-state index is 14.1. The van der Waals surface area contributed by atoms with Gasteiger partial charge in [0.15, 0.2) is 23.1 Å². The molecule has 1 saturated heterocycles. The predicted octanol–water partition coefficient (Wildman–Crippen LogP) is 2.10. The Labute approximate surface area is 183 Å². The van der Waals surface area contributed by atoms with Crippen molar-refractivity contribution < 1.29 is 23.4 Å². The van der Waals surface area contributed by atoms with Crippen LogP contribution in [0.2, 0.25) is 0 Å². The number of amides is 1. The largest absolute Gasteiger partial charge is 0.494 e. The van der Waals surface area contributed by atoms with Crippen LogP contribution in [0.4, 0.5) is 4.39 Å². The van der Waals surface area contributed by atoms with Crippen molar-refractivity contribution in [1.29, 1.82) is 0 Å². The van der Waals surface area contributed by atoms with E-state index in [1.54, 1.807) is 41.2 Å². The SMILES string of the molecule is COc1ccc(-n2nncc2CN2CCN(C(=O)c3ccc4c(c3)OCO4)CC2)cc1F. The Hall–Kier alpha value is -3.66. The number of rotatable bonds is 5. The third kappa shape index (κ3) is 3.84. The summed E-state index contributed by atoms with van der Waals surface area (Å²) < 4.78 is 31.4. The van der Waals surface area contributed by atoms with Crippen LogP contribution in [-0.4, -0.2) is 70.8 Å². The van der Waals surface area contributed by atoms with Gasteiger partial charge in [-0.05, 0) is 30.3 Å². The first-order valence-corrected chi connectivity index (χ1v) is 10.3. The molecule has 1 amide bonds. The first kappa shape index (κ1) is 20.3. The highest BCUT2D eigenvalue weighted by molar-refractivity contribution is 5.95. The second-order valence-corrected chi connectivity index (χ2v) is 7.59. The molecule has 2 aliphatic heterocycles. The number of carbonyl (C=O) groups excluding carboxylic acids is 1. The zero-order chi connectivity index (χ0) is 22.1. The van der Waals surface area contributed by atoms with Gasteiger partial charge in [-0.3, -0.25) is 9.69 Å². The van der Waals surface area contributed by atoms with Crippen molar-refractivity contribution >= 4 is 5.91 Å². The topological polar surface area (TPSA) is 82.0 Å². The summed E-state index contributed by atoms with van der Waals surface area (Å²) in [6, 6.07) is 9.94. The van der Waals surface area contributed by atoms with E-state index < -0.39 is 5.82 Å². The van der Waals surface area contributed by atoms with E-state index in [4.69, 9.17) is 14.2 Å². The molecule has 3 aromatic rings. The lowest BCUT2D eigenvalue weighted by Crippen LogP contribution is -2.48. The average Bonchev–Trinajstić information content (AvgIpc) is 3.48. The molecule has 0 N–H and O–H groups in total. The van der Waals surface area contributed by atoms with Crippen LogP contribution in [0.1, 0.15) is 16.1 Å². The number of fused-ring (bicyclic) bond motifs is 1. The number of hydrogen-bond acceptors (Lipinski definition) is 7. The van der Waals surface area contributed by atoms with E-state index in [9.17, 15) is 9.18 Å². The molecule has 0 saturated carbocycles. The van der Waals surface area contributed by atoms with Gasteiger partial charge in [-0.25, -0.2) is 9.07 Å². The second kappa shape index (κ2) is 8.46. The van der Waals surface area contributed by atoms with Crippen molar-refractivity contribution in [3.63, 3.8) is 0 Å². The molecule has 1 fully saturated rings. The molecule has 2 aliphatic rings. The van der Waals surface area contributed by atoms with Gasteiger partial charge < -0.3 is 19.1 Å². The summed E-state index contributed by atoms with van der Waals surface area (Å²) in [5, 5.41) is 8.10. The summed E-state index contributed by atoms with van der Waals surface area (Å²) in [6.45, 7) is 3.39. The molecule has 10 heteroatoms. The number of carbonyl (C=O) groups is 1. The van der Waals surface area contributed by atoms with Gasteiger partial charge in [-0.1, -0.05) is 5.21 Å². The van der Waals surface area contributed by atoms with E-state index in [0.717, 1.165) is 5.69 Å². The number of benzene rings is 2. The van der Waals surface area contributed by atoms with Crippen LogP contribution >= 0.6 is 0 Å². The second-order valence-electron chi connectivity index (χ2n) is 7.59. The monoisotopic (exact) mass is 439 g/mol. The van der Waals surface area contributed by atoms with Gasteiger partial charge in [0.25, 0.3) is 5.91 Å². The van der Waals surface area contributed by atoms with Crippen molar-refractivity contribution in [3.05, 3.63) is 59.7 Å². The van der Waals surface area contributed by atoms with Gasteiger partial charge in [0.05, 0.1) is 24.7 Å². The smallest absolute Gasteiger partial charge is 0.254 e. The molecule has 0 atom stereocenters. The van der Waals surface area contributed by atoms with E-state index in [0.29, 0.717) is 55.5 Å². The summed E-state index contributed by atoms with van der Waals surface area (Å²) in [5.74, 6) is 0.961. The minimum Gasteiger partial charge on any atom is -0.494 e. The minimum absolute atomic E-state index is 0.0247. The van der Waals surface area contributed by atoms with Crippen molar-refractivity contribution in [1.82, 2.24) is 24.8 Å². The van der Waals surface area contributed by atoms with Crippen molar-refractivity contribution in [2.24, 2.45) is 0 Å². The highest BCUT2D eigenvalue weighted by atomic mass is 19.1. The van der Waals surface area contributed by atoms with E-state index in [1.807, 2.05) is 4.90 Å². The zero-order valence-electron chi connectivity index (χ0n) is 17.5. The molecular formula is C22H22FN5O4. The van der Waals surface area contributed by atoms with Crippen molar-refractivity contribution in [2.75, 3.05) is 40.1 Å². The molecule has 0 bridgehead atoms. The Kier molecular flexibility index (Phi) is 5.36. The molecule has 0 spiro atoms. The van der Waals surface area contributed by atoms with Crippen LogP contribution in [0.3, 0.4) is 0 Å². The van der Waals surface area contributed by atoms with Crippen LogP contribution < -0.4 is 14.2 Å². The third-order valence-electron chi connectivity index (χ3n) is 5.66. The van der Waals surface area contributed by atoms with Crippen molar-refractivity contribution in [2.45, 2.75) is 6.54 Å². The van der Waals surface area contributed by atoms with E-state index in [2.05, 4.69) is 15.2 Å². The number of nitrogens with zero attached hydrogens (tertiary/aromatic N) is 5. The molecule has 2 aromatic carbocycles. The predicted molar refractivity (Wildman–Crippen MR) is 112 cm³/mol. The molecule has 0 radical (unpaired) electrons. The van der Waals surface area contributed by atoms with E-state index in [-0.39, 0.29) is 18.4 Å². The van der Waals surface area contributed by atoms with Gasteiger partial charge in [0.2, 0.25) is 6.79 Å². The number of ether oxygens (including phenoxy) is 3. The third-order valence-corrected chi connectivity index (χ3v) is 5.66. The van der Waals surface area contributed by atoms with Crippen LogP contribution in [0.25, 0.3) is 5.69 Å². The van der Waals surface area contributed by atoms with Crippen LogP contribution in [0, 0.1) is 5.82 Å². The first-order chi connectivity index (χ1) is 15.6.